The van der Waals surface area contributed by atoms with Crippen LogP contribution in [0, 0.1) is 0 Å². The van der Waals surface area contributed by atoms with Gasteiger partial charge in [0, 0.05) is 65.1 Å². The van der Waals surface area contributed by atoms with Gasteiger partial charge in [-0.3, -0.25) is 14.8 Å². The number of ether oxygens (including phenoxy) is 1. The minimum Gasteiger partial charge on any atom is -0.381 e. The summed E-state index contributed by atoms with van der Waals surface area (Å²) in [5, 5.41) is 3.75. The molecule has 6 nitrogen and oxygen atoms in total. The maximum absolute atomic E-state index is 5.69. The van der Waals surface area contributed by atoms with Crippen LogP contribution in [0.5, 0.6) is 0 Å². The predicted octanol–water partition coefficient (Wildman–Crippen LogP) is 2.02. The molecule has 0 saturated carbocycles. The summed E-state index contributed by atoms with van der Waals surface area (Å²) < 4.78 is 5.69. The Morgan fingerprint density at radius 3 is 2.34 bits per heavy atom. The number of piperazine rings is 1. The molecule has 3 heterocycles. The van der Waals surface area contributed by atoms with Crippen molar-refractivity contribution in [3.8, 4) is 0 Å². The van der Waals surface area contributed by atoms with E-state index in [1.165, 1.54) is 31.5 Å². The van der Waals surface area contributed by atoms with E-state index in [0.717, 1.165) is 71.3 Å². The number of likely N-dealkylation sites (tertiary alicyclic amines) is 1. The third kappa shape index (κ3) is 5.11. The lowest BCUT2D eigenvalue weighted by molar-refractivity contribution is -0.0167. The van der Waals surface area contributed by atoms with Crippen molar-refractivity contribution >= 4 is 5.96 Å². The van der Waals surface area contributed by atoms with Crippen LogP contribution in [0.4, 0.5) is 0 Å². The van der Waals surface area contributed by atoms with Crippen molar-refractivity contribution in [1.82, 2.24) is 20.0 Å². The Morgan fingerprint density at radius 1 is 1.00 bits per heavy atom. The van der Waals surface area contributed by atoms with Crippen LogP contribution in [0.25, 0.3) is 0 Å². The molecule has 29 heavy (non-hydrogen) atoms. The average molecular weight is 400 g/mol. The highest BCUT2D eigenvalue weighted by atomic mass is 16.5. The molecule has 3 fully saturated rings. The first kappa shape index (κ1) is 20.6. The van der Waals surface area contributed by atoms with Crippen molar-refractivity contribution in [3.05, 3.63) is 35.9 Å². The first-order valence-electron chi connectivity index (χ1n) is 11.3. The molecule has 1 N–H and O–H groups in total. The van der Waals surface area contributed by atoms with E-state index in [2.05, 4.69) is 55.3 Å². The molecule has 0 bridgehead atoms. The molecule has 0 radical (unpaired) electrons. The Kier molecular flexibility index (Phi) is 7.06. The fraction of sp³-hybridized carbons (Fsp3) is 0.696. The molecule has 3 aliphatic rings. The zero-order valence-electron chi connectivity index (χ0n) is 18.0. The summed E-state index contributed by atoms with van der Waals surface area (Å²) in [4.78, 5) is 12.3. The van der Waals surface area contributed by atoms with Gasteiger partial charge in [0.15, 0.2) is 5.96 Å². The second kappa shape index (κ2) is 9.92. The Bertz CT molecular complexity index is 644. The summed E-state index contributed by atoms with van der Waals surface area (Å²) in [6.07, 6.45) is 4.92. The molecule has 1 aromatic carbocycles. The number of benzene rings is 1. The molecule has 1 aromatic rings. The summed E-state index contributed by atoms with van der Waals surface area (Å²) in [5.74, 6) is 1.06. The molecule has 0 atom stereocenters. The summed E-state index contributed by atoms with van der Waals surface area (Å²) in [5.41, 5.74) is 1.63. The third-order valence-electron chi connectivity index (χ3n) is 6.91. The van der Waals surface area contributed by atoms with Crippen LogP contribution in [0.3, 0.4) is 0 Å². The van der Waals surface area contributed by atoms with Crippen molar-refractivity contribution in [2.45, 2.75) is 37.8 Å². The van der Waals surface area contributed by atoms with Gasteiger partial charge in [0.1, 0.15) is 0 Å². The molecule has 0 aliphatic carbocycles. The molecular formula is C23H37N5O. The molecule has 4 rings (SSSR count). The van der Waals surface area contributed by atoms with Crippen molar-refractivity contribution in [2.24, 2.45) is 4.99 Å². The van der Waals surface area contributed by atoms with Gasteiger partial charge in [-0.15, -0.1) is 0 Å². The SMILES string of the molecule is CN=C(NCC1(N2CCCC2)CCOCC1)N1CCN(Cc2ccccc2)CC1. The van der Waals surface area contributed by atoms with Gasteiger partial charge in [0.05, 0.1) is 0 Å². The standard InChI is InChI=1S/C23H37N5O/c1-24-22(25-20-23(9-17-29-18-10-23)28-11-5-6-12-28)27-15-13-26(14-16-27)19-21-7-3-2-4-8-21/h2-4,7-8H,5-6,9-20H2,1H3,(H,24,25). The van der Waals surface area contributed by atoms with Crippen LogP contribution in [-0.2, 0) is 11.3 Å². The van der Waals surface area contributed by atoms with Gasteiger partial charge in [0.25, 0.3) is 0 Å². The lowest BCUT2D eigenvalue weighted by Gasteiger charge is -2.45. The molecule has 6 heteroatoms. The first-order valence-corrected chi connectivity index (χ1v) is 11.3. The normalized spacial score (nSPS) is 24.0. The fourth-order valence-electron chi connectivity index (χ4n) is 5.08. The largest absolute Gasteiger partial charge is 0.381 e. The first-order chi connectivity index (χ1) is 14.3. The second-order valence-electron chi connectivity index (χ2n) is 8.68. The molecular weight excluding hydrogens is 362 g/mol. The highest BCUT2D eigenvalue weighted by Crippen LogP contribution is 2.30. The number of hydrogen-bond acceptors (Lipinski definition) is 4. The van der Waals surface area contributed by atoms with E-state index in [0.29, 0.717) is 0 Å². The van der Waals surface area contributed by atoms with Crippen LogP contribution in [0.1, 0.15) is 31.2 Å². The van der Waals surface area contributed by atoms with Gasteiger partial charge in [-0.1, -0.05) is 30.3 Å². The Hall–Kier alpha value is -1.63. The van der Waals surface area contributed by atoms with E-state index in [1.54, 1.807) is 0 Å². The van der Waals surface area contributed by atoms with Gasteiger partial charge in [-0.25, -0.2) is 0 Å². The van der Waals surface area contributed by atoms with Gasteiger partial charge in [0.2, 0.25) is 0 Å². The van der Waals surface area contributed by atoms with E-state index in [-0.39, 0.29) is 5.54 Å². The molecule has 3 saturated heterocycles. The highest BCUT2D eigenvalue weighted by molar-refractivity contribution is 5.80. The Labute approximate surface area is 175 Å². The van der Waals surface area contributed by atoms with Crippen molar-refractivity contribution in [1.29, 1.82) is 0 Å². The molecule has 3 aliphatic heterocycles. The number of rotatable bonds is 5. The highest BCUT2D eigenvalue weighted by Gasteiger charge is 2.40. The number of guanidine groups is 1. The fourth-order valence-corrected chi connectivity index (χ4v) is 5.08. The molecule has 0 amide bonds. The summed E-state index contributed by atoms with van der Waals surface area (Å²) in [6.45, 7) is 10.5. The maximum Gasteiger partial charge on any atom is 0.193 e. The summed E-state index contributed by atoms with van der Waals surface area (Å²) in [7, 11) is 1.92. The second-order valence-corrected chi connectivity index (χ2v) is 8.68. The van der Waals surface area contributed by atoms with Crippen LogP contribution in [-0.4, -0.2) is 92.3 Å². The average Bonchev–Trinajstić information content (AvgIpc) is 3.32. The monoisotopic (exact) mass is 399 g/mol. The summed E-state index contributed by atoms with van der Waals surface area (Å²) >= 11 is 0. The van der Waals surface area contributed by atoms with Gasteiger partial charge < -0.3 is 15.0 Å². The van der Waals surface area contributed by atoms with Crippen molar-refractivity contribution in [2.75, 3.05) is 66.1 Å². The smallest absolute Gasteiger partial charge is 0.193 e. The van der Waals surface area contributed by atoms with Crippen molar-refractivity contribution < 1.29 is 4.74 Å². The summed E-state index contributed by atoms with van der Waals surface area (Å²) in [6, 6.07) is 10.8. The van der Waals surface area contributed by atoms with E-state index < -0.39 is 0 Å². The maximum atomic E-state index is 5.69. The van der Waals surface area contributed by atoms with Crippen LogP contribution in [0.15, 0.2) is 35.3 Å². The van der Waals surface area contributed by atoms with Gasteiger partial charge in [-0.2, -0.15) is 0 Å². The molecule has 0 aromatic heterocycles. The molecule has 160 valence electrons. The zero-order chi connectivity index (χ0) is 19.9. The minimum atomic E-state index is 0.236. The molecule has 0 unspecified atom stereocenters. The Balaban J connectivity index is 1.30. The van der Waals surface area contributed by atoms with E-state index >= 15 is 0 Å². The van der Waals surface area contributed by atoms with Crippen LogP contribution >= 0.6 is 0 Å². The lowest BCUT2D eigenvalue weighted by Crippen LogP contribution is -2.60. The topological polar surface area (TPSA) is 43.3 Å². The third-order valence-corrected chi connectivity index (χ3v) is 6.91. The number of aliphatic imine (C=N–C) groups is 1. The van der Waals surface area contributed by atoms with E-state index in [4.69, 9.17) is 4.74 Å². The van der Waals surface area contributed by atoms with Gasteiger partial charge in [-0.05, 0) is 44.3 Å². The minimum absolute atomic E-state index is 0.236. The number of nitrogens with zero attached hydrogens (tertiary/aromatic N) is 4. The molecule has 0 spiro atoms. The number of hydrogen-bond donors (Lipinski definition) is 1. The Morgan fingerprint density at radius 2 is 1.69 bits per heavy atom. The van der Waals surface area contributed by atoms with E-state index in [9.17, 15) is 0 Å². The van der Waals surface area contributed by atoms with Crippen LogP contribution in [0.2, 0.25) is 0 Å². The van der Waals surface area contributed by atoms with Crippen LogP contribution < -0.4 is 5.32 Å². The quantitative estimate of drug-likeness (QED) is 0.606. The number of nitrogens with one attached hydrogen (secondary N) is 1. The zero-order valence-corrected chi connectivity index (χ0v) is 18.0. The van der Waals surface area contributed by atoms with Gasteiger partial charge >= 0.3 is 0 Å². The lowest BCUT2D eigenvalue weighted by atomic mass is 9.88. The van der Waals surface area contributed by atoms with E-state index in [1.807, 2.05) is 7.05 Å². The predicted molar refractivity (Wildman–Crippen MR) is 118 cm³/mol. The van der Waals surface area contributed by atoms with Crippen molar-refractivity contribution in [3.63, 3.8) is 0 Å².